The van der Waals surface area contributed by atoms with E-state index in [4.69, 9.17) is 5.73 Å². The van der Waals surface area contributed by atoms with Crippen molar-refractivity contribution in [2.75, 3.05) is 18.9 Å². The molecule has 0 atom stereocenters. The zero-order chi connectivity index (χ0) is 15.3. The molecule has 1 fully saturated rings. The fraction of sp³-hybridized carbons (Fsp3) is 0.600. The van der Waals surface area contributed by atoms with Crippen LogP contribution in [0, 0.1) is 5.41 Å². The Morgan fingerprint density at radius 3 is 2.57 bits per heavy atom. The van der Waals surface area contributed by atoms with E-state index >= 15 is 0 Å². The molecular formula is C15H24N2O3S. The smallest absolute Gasteiger partial charge is 0.215 e. The number of hydrogen-bond acceptors (Lipinski definition) is 4. The van der Waals surface area contributed by atoms with Crippen LogP contribution in [0.2, 0.25) is 0 Å². The molecule has 1 aliphatic carbocycles. The van der Waals surface area contributed by atoms with Crippen molar-refractivity contribution in [2.45, 2.75) is 37.9 Å². The average molecular weight is 312 g/mol. The first-order valence-electron chi connectivity index (χ1n) is 7.37. The summed E-state index contributed by atoms with van der Waals surface area (Å²) in [5.74, 6) is -0.0838. The van der Waals surface area contributed by atoms with Gasteiger partial charge in [0, 0.05) is 24.3 Å². The molecule has 0 heterocycles. The number of benzene rings is 1. The minimum absolute atomic E-state index is 0.0355. The van der Waals surface area contributed by atoms with Crippen molar-refractivity contribution in [1.29, 1.82) is 0 Å². The normalized spacial score (nSPS) is 18.5. The first kappa shape index (κ1) is 16.3. The van der Waals surface area contributed by atoms with Crippen molar-refractivity contribution in [1.82, 2.24) is 4.72 Å². The van der Waals surface area contributed by atoms with Crippen LogP contribution in [0.1, 0.15) is 37.7 Å². The molecule has 0 saturated heterocycles. The molecule has 0 aliphatic heterocycles. The van der Waals surface area contributed by atoms with Gasteiger partial charge in [-0.3, -0.25) is 0 Å². The molecule has 0 spiro atoms. The molecule has 21 heavy (non-hydrogen) atoms. The number of aliphatic hydroxyl groups is 1. The predicted molar refractivity (Wildman–Crippen MR) is 84.1 cm³/mol. The Labute approximate surface area is 126 Å². The van der Waals surface area contributed by atoms with Gasteiger partial charge >= 0.3 is 0 Å². The van der Waals surface area contributed by atoms with Gasteiger partial charge in [-0.05, 0) is 30.5 Å². The first-order chi connectivity index (χ1) is 9.95. The Bertz CT molecular complexity index is 566. The average Bonchev–Trinajstić information content (AvgIpc) is 2.46. The summed E-state index contributed by atoms with van der Waals surface area (Å²) in [4.78, 5) is 0. The summed E-state index contributed by atoms with van der Waals surface area (Å²) >= 11 is 0. The van der Waals surface area contributed by atoms with E-state index in [2.05, 4.69) is 4.72 Å². The Morgan fingerprint density at radius 2 is 1.95 bits per heavy atom. The van der Waals surface area contributed by atoms with Gasteiger partial charge in [-0.2, -0.15) is 0 Å². The molecule has 1 aliphatic rings. The van der Waals surface area contributed by atoms with E-state index in [0.717, 1.165) is 32.1 Å². The molecule has 4 N–H and O–H groups in total. The van der Waals surface area contributed by atoms with Gasteiger partial charge in [0.2, 0.25) is 10.0 Å². The van der Waals surface area contributed by atoms with Crippen molar-refractivity contribution in [3.8, 4) is 0 Å². The highest BCUT2D eigenvalue weighted by molar-refractivity contribution is 7.88. The monoisotopic (exact) mass is 312 g/mol. The summed E-state index contributed by atoms with van der Waals surface area (Å²) in [6, 6.07) is 6.89. The molecule has 1 aromatic rings. The number of nitrogen functional groups attached to an aromatic ring is 1. The van der Waals surface area contributed by atoms with E-state index in [9.17, 15) is 13.5 Å². The molecule has 5 nitrogen and oxygen atoms in total. The highest BCUT2D eigenvalue weighted by Crippen LogP contribution is 2.35. The summed E-state index contributed by atoms with van der Waals surface area (Å²) < 4.78 is 27.0. The molecular weight excluding hydrogens is 288 g/mol. The maximum atomic E-state index is 12.2. The van der Waals surface area contributed by atoms with Crippen molar-refractivity contribution >= 4 is 15.7 Å². The van der Waals surface area contributed by atoms with E-state index in [0.29, 0.717) is 17.8 Å². The number of nitrogens with two attached hydrogens (primary N) is 1. The minimum Gasteiger partial charge on any atom is -0.399 e. The quantitative estimate of drug-likeness (QED) is 0.696. The largest absolute Gasteiger partial charge is 0.399 e. The third kappa shape index (κ3) is 4.69. The van der Waals surface area contributed by atoms with Crippen molar-refractivity contribution in [3.05, 3.63) is 29.8 Å². The fourth-order valence-electron chi connectivity index (χ4n) is 2.91. The SMILES string of the molecule is Nc1cccc(CS(=O)(=O)NCC2(CO)CCCCC2)c1. The second-order valence-corrected chi connectivity index (χ2v) is 7.85. The van der Waals surface area contributed by atoms with Crippen LogP contribution in [0.5, 0.6) is 0 Å². The van der Waals surface area contributed by atoms with E-state index < -0.39 is 10.0 Å². The Kier molecular flexibility index (Phi) is 5.24. The van der Waals surface area contributed by atoms with Gasteiger partial charge in [0.05, 0.1) is 5.75 Å². The predicted octanol–water partition coefficient (Wildman–Crippen LogP) is 1.63. The number of sulfonamides is 1. The Morgan fingerprint density at radius 1 is 1.24 bits per heavy atom. The number of rotatable bonds is 6. The lowest BCUT2D eigenvalue weighted by Crippen LogP contribution is -2.41. The molecule has 2 rings (SSSR count). The Hall–Kier alpha value is -1.11. The molecule has 1 saturated carbocycles. The van der Waals surface area contributed by atoms with Crippen LogP contribution in [-0.2, 0) is 15.8 Å². The van der Waals surface area contributed by atoms with Gasteiger partial charge in [-0.25, -0.2) is 13.1 Å². The van der Waals surface area contributed by atoms with E-state index in [1.807, 2.05) is 0 Å². The maximum Gasteiger partial charge on any atom is 0.215 e. The van der Waals surface area contributed by atoms with Crippen LogP contribution < -0.4 is 10.5 Å². The lowest BCUT2D eigenvalue weighted by Gasteiger charge is -2.35. The molecule has 0 unspecified atom stereocenters. The third-order valence-corrected chi connectivity index (χ3v) is 5.52. The van der Waals surface area contributed by atoms with Crippen molar-refractivity contribution in [2.24, 2.45) is 5.41 Å². The zero-order valence-electron chi connectivity index (χ0n) is 12.2. The van der Waals surface area contributed by atoms with Crippen LogP contribution in [0.25, 0.3) is 0 Å². The second kappa shape index (κ2) is 6.77. The molecule has 118 valence electrons. The van der Waals surface area contributed by atoms with Gasteiger partial charge in [0.15, 0.2) is 0 Å². The van der Waals surface area contributed by atoms with Gasteiger partial charge in [0.1, 0.15) is 0 Å². The van der Waals surface area contributed by atoms with Crippen LogP contribution in [0.15, 0.2) is 24.3 Å². The highest BCUT2D eigenvalue weighted by Gasteiger charge is 2.32. The molecule has 0 radical (unpaired) electrons. The van der Waals surface area contributed by atoms with Crippen LogP contribution in [-0.4, -0.2) is 26.7 Å². The van der Waals surface area contributed by atoms with Crippen LogP contribution in [0.3, 0.4) is 0 Å². The van der Waals surface area contributed by atoms with E-state index in [-0.39, 0.29) is 17.8 Å². The van der Waals surface area contributed by atoms with E-state index in [1.54, 1.807) is 24.3 Å². The number of hydrogen-bond donors (Lipinski definition) is 3. The third-order valence-electron chi connectivity index (χ3n) is 4.22. The van der Waals surface area contributed by atoms with Gasteiger partial charge in [-0.1, -0.05) is 31.4 Å². The molecule has 0 aromatic heterocycles. The van der Waals surface area contributed by atoms with E-state index in [1.165, 1.54) is 0 Å². The van der Waals surface area contributed by atoms with Crippen molar-refractivity contribution in [3.63, 3.8) is 0 Å². The summed E-state index contributed by atoms with van der Waals surface area (Å²) in [5.41, 5.74) is 6.60. The molecule has 0 amide bonds. The fourth-order valence-corrected chi connectivity index (χ4v) is 4.16. The Balaban J connectivity index is 1.97. The molecule has 1 aromatic carbocycles. The van der Waals surface area contributed by atoms with Crippen molar-refractivity contribution < 1.29 is 13.5 Å². The lowest BCUT2D eigenvalue weighted by molar-refractivity contribution is 0.0867. The topological polar surface area (TPSA) is 92.4 Å². The standard InChI is InChI=1S/C15H24N2O3S/c16-14-6-4-5-13(9-14)10-21(19,20)17-11-15(12-18)7-2-1-3-8-15/h4-6,9,17-18H,1-3,7-8,10-12,16H2. The van der Waals surface area contributed by atoms with Gasteiger partial charge < -0.3 is 10.8 Å². The summed E-state index contributed by atoms with van der Waals surface area (Å²) in [6.07, 6.45) is 5.03. The zero-order valence-corrected chi connectivity index (χ0v) is 13.0. The number of anilines is 1. The van der Waals surface area contributed by atoms with Gasteiger partial charge in [0.25, 0.3) is 0 Å². The number of aliphatic hydroxyl groups excluding tert-OH is 1. The van der Waals surface area contributed by atoms with Gasteiger partial charge in [-0.15, -0.1) is 0 Å². The number of nitrogens with one attached hydrogen (secondary N) is 1. The molecule has 6 heteroatoms. The molecule has 0 bridgehead atoms. The second-order valence-electron chi connectivity index (χ2n) is 6.04. The lowest BCUT2D eigenvalue weighted by atomic mass is 9.75. The summed E-state index contributed by atoms with van der Waals surface area (Å²) in [5, 5.41) is 9.61. The highest BCUT2D eigenvalue weighted by atomic mass is 32.2. The van der Waals surface area contributed by atoms with Crippen LogP contribution >= 0.6 is 0 Å². The summed E-state index contributed by atoms with van der Waals surface area (Å²) in [7, 11) is -3.42. The minimum atomic E-state index is -3.42. The maximum absolute atomic E-state index is 12.2. The summed E-state index contributed by atoms with van der Waals surface area (Å²) in [6.45, 7) is 0.349. The van der Waals surface area contributed by atoms with Crippen LogP contribution in [0.4, 0.5) is 5.69 Å². The first-order valence-corrected chi connectivity index (χ1v) is 9.03.